The number of fused-ring (bicyclic) bond motifs is 1. The molecular weight excluding hydrogens is 313 g/mol. The van der Waals surface area contributed by atoms with Gasteiger partial charge in [-0.1, -0.05) is 15.9 Å². The average Bonchev–Trinajstić information content (AvgIpc) is 2.80. The van der Waals surface area contributed by atoms with Crippen LogP contribution in [0.15, 0.2) is 18.2 Å². The highest BCUT2D eigenvalue weighted by molar-refractivity contribution is 9.09. The van der Waals surface area contributed by atoms with E-state index in [-0.39, 0.29) is 18.0 Å². The van der Waals surface area contributed by atoms with Crippen LogP contribution in [0.5, 0.6) is 0 Å². The quantitative estimate of drug-likeness (QED) is 0.862. The minimum absolute atomic E-state index is 0.147. The highest BCUT2D eigenvalue weighted by atomic mass is 79.9. The number of rotatable bonds is 2. The molecule has 2 atom stereocenters. The molecular formula is C13H15BrFN3O. The van der Waals surface area contributed by atoms with Crippen LogP contribution in [0.1, 0.15) is 6.92 Å². The molecule has 2 aromatic rings. The molecule has 0 spiro atoms. The summed E-state index contributed by atoms with van der Waals surface area (Å²) in [7, 11) is 0. The molecule has 102 valence electrons. The van der Waals surface area contributed by atoms with Gasteiger partial charge < -0.3 is 14.6 Å². The maximum atomic E-state index is 13.2. The molecule has 0 aliphatic carbocycles. The number of aromatic nitrogens is 2. The summed E-state index contributed by atoms with van der Waals surface area (Å²) in [6.07, 6.45) is 0.301. The molecule has 2 heterocycles. The van der Waals surface area contributed by atoms with Crippen LogP contribution >= 0.6 is 15.9 Å². The maximum absolute atomic E-state index is 13.2. The molecule has 1 aliphatic rings. The summed E-state index contributed by atoms with van der Waals surface area (Å²) in [6, 6.07) is 4.59. The number of nitrogens with zero attached hydrogens (tertiary/aromatic N) is 2. The van der Waals surface area contributed by atoms with Crippen molar-refractivity contribution in [3.05, 3.63) is 24.0 Å². The first-order valence-electron chi connectivity index (χ1n) is 6.27. The first-order valence-corrected chi connectivity index (χ1v) is 7.39. The molecule has 0 saturated carbocycles. The zero-order chi connectivity index (χ0) is 13.4. The third-order valence-corrected chi connectivity index (χ3v) is 3.95. The van der Waals surface area contributed by atoms with Crippen molar-refractivity contribution in [2.75, 3.05) is 23.3 Å². The number of benzene rings is 1. The predicted octanol–water partition coefficient (Wildman–Crippen LogP) is 2.69. The van der Waals surface area contributed by atoms with Crippen LogP contribution in [0.2, 0.25) is 0 Å². The minimum atomic E-state index is -0.253. The first-order chi connectivity index (χ1) is 9.15. The molecule has 1 aromatic carbocycles. The average molecular weight is 328 g/mol. The Balaban J connectivity index is 1.90. The fraction of sp³-hybridized carbons (Fsp3) is 0.462. The van der Waals surface area contributed by atoms with Gasteiger partial charge in [0.2, 0.25) is 5.95 Å². The van der Waals surface area contributed by atoms with Crippen molar-refractivity contribution in [2.24, 2.45) is 0 Å². The number of hydrogen-bond acceptors (Lipinski definition) is 3. The number of anilines is 1. The Kier molecular flexibility index (Phi) is 3.45. The Morgan fingerprint density at radius 3 is 3.16 bits per heavy atom. The van der Waals surface area contributed by atoms with Crippen LogP contribution in [0.3, 0.4) is 0 Å². The van der Waals surface area contributed by atoms with Crippen LogP contribution < -0.4 is 4.90 Å². The molecule has 0 radical (unpaired) electrons. The fourth-order valence-corrected chi connectivity index (χ4v) is 2.78. The monoisotopic (exact) mass is 327 g/mol. The lowest BCUT2D eigenvalue weighted by Gasteiger charge is -2.35. The Morgan fingerprint density at radius 1 is 1.53 bits per heavy atom. The van der Waals surface area contributed by atoms with Crippen molar-refractivity contribution in [1.82, 2.24) is 9.97 Å². The van der Waals surface area contributed by atoms with E-state index in [4.69, 9.17) is 4.74 Å². The number of ether oxygens (including phenoxy) is 1. The van der Waals surface area contributed by atoms with Gasteiger partial charge in [-0.05, 0) is 25.1 Å². The van der Waals surface area contributed by atoms with E-state index < -0.39 is 0 Å². The number of hydrogen-bond donors (Lipinski definition) is 1. The van der Waals surface area contributed by atoms with Crippen LogP contribution in [0.4, 0.5) is 10.3 Å². The second kappa shape index (κ2) is 5.09. The molecule has 6 heteroatoms. The molecule has 1 aliphatic heterocycles. The summed E-state index contributed by atoms with van der Waals surface area (Å²) in [4.78, 5) is 9.84. The van der Waals surface area contributed by atoms with E-state index in [1.165, 1.54) is 12.1 Å². The fourth-order valence-electron chi connectivity index (χ4n) is 2.42. The van der Waals surface area contributed by atoms with Gasteiger partial charge in [0.05, 0.1) is 23.2 Å². The first kappa shape index (κ1) is 12.9. The van der Waals surface area contributed by atoms with Gasteiger partial charge in [-0.2, -0.15) is 0 Å². The normalized spacial score (nSPS) is 24.1. The highest BCUT2D eigenvalue weighted by Crippen LogP contribution is 2.22. The Labute approximate surface area is 119 Å². The largest absolute Gasteiger partial charge is 0.371 e. The lowest BCUT2D eigenvalue weighted by Crippen LogP contribution is -2.47. The number of halogens is 2. The molecule has 0 bridgehead atoms. The van der Waals surface area contributed by atoms with E-state index in [0.717, 1.165) is 35.4 Å². The zero-order valence-electron chi connectivity index (χ0n) is 10.6. The zero-order valence-corrected chi connectivity index (χ0v) is 12.2. The SMILES string of the molecule is CC1CN(c2nc3ccc(F)cc3[nH]2)CC(CBr)O1. The van der Waals surface area contributed by atoms with Gasteiger partial charge in [0.25, 0.3) is 0 Å². The lowest BCUT2D eigenvalue weighted by atomic mass is 10.2. The molecule has 3 rings (SSSR count). The lowest BCUT2D eigenvalue weighted by molar-refractivity contribution is -0.00243. The second-order valence-electron chi connectivity index (χ2n) is 4.85. The Hall–Kier alpha value is -1.14. The molecule has 1 aromatic heterocycles. The molecule has 19 heavy (non-hydrogen) atoms. The summed E-state index contributed by atoms with van der Waals surface area (Å²) >= 11 is 3.45. The molecule has 2 unspecified atom stereocenters. The topological polar surface area (TPSA) is 41.2 Å². The number of imidazole rings is 1. The summed E-state index contributed by atoms with van der Waals surface area (Å²) in [5.74, 6) is 0.526. The van der Waals surface area contributed by atoms with Crippen LogP contribution in [0.25, 0.3) is 11.0 Å². The number of nitrogens with one attached hydrogen (secondary N) is 1. The van der Waals surface area contributed by atoms with E-state index in [2.05, 4.69) is 30.8 Å². The number of H-pyrrole nitrogens is 1. The number of alkyl halides is 1. The Bertz CT molecular complexity index is 588. The smallest absolute Gasteiger partial charge is 0.204 e. The van der Waals surface area contributed by atoms with E-state index in [1.54, 1.807) is 6.07 Å². The third-order valence-electron chi connectivity index (χ3n) is 3.23. The molecule has 0 amide bonds. The van der Waals surface area contributed by atoms with Gasteiger partial charge in [0.15, 0.2) is 0 Å². The standard InChI is InChI=1S/C13H15BrFN3O/c1-8-6-18(7-10(5-14)19-8)13-16-11-3-2-9(15)4-12(11)17-13/h2-4,8,10H,5-7H2,1H3,(H,16,17). The van der Waals surface area contributed by atoms with Crippen molar-refractivity contribution >= 4 is 32.9 Å². The van der Waals surface area contributed by atoms with Crippen molar-refractivity contribution in [3.63, 3.8) is 0 Å². The van der Waals surface area contributed by atoms with Crippen molar-refractivity contribution < 1.29 is 9.13 Å². The summed E-state index contributed by atoms with van der Waals surface area (Å²) in [5.41, 5.74) is 1.51. The van der Waals surface area contributed by atoms with Gasteiger partial charge in [0.1, 0.15) is 5.82 Å². The van der Waals surface area contributed by atoms with Crippen molar-refractivity contribution in [2.45, 2.75) is 19.1 Å². The molecule has 4 nitrogen and oxygen atoms in total. The van der Waals surface area contributed by atoms with Gasteiger partial charge in [-0.3, -0.25) is 0 Å². The summed E-state index contributed by atoms with van der Waals surface area (Å²) in [5, 5.41) is 0.794. The Morgan fingerprint density at radius 2 is 2.37 bits per heavy atom. The van der Waals surface area contributed by atoms with E-state index in [1.807, 2.05) is 6.92 Å². The van der Waals surface area contributed by atoms with Gasteiger partial charge in [-0.15, -0.1) is 0 Å². The summed E-state index contributed by atoms with van der Waals surface area (Å²) < 4.78 is 19.0. The van der Waals surface area contributed by atoms with Gasteiger partial charge in [-0.25, -0.2) is 9.37 Å². The molecule has 1 N–H and O–H groups in total. The van der Waals surface area contributed by atoms with E-state index in [0.29, 0.717) is 0 Å². The maximum Gasteiger partial charge on any atom is 0.204 e. The van der Waals surface area contributed by atoms with Crippen LogP contribution in [0, 0.1) is 5.82 Å². The van der Waals surface area contributed by atoms with Crippen molar-refractivity contribution in [1.29, 1.82) is 0 Å². The van der Waals surface area contributed by atoms with Gasteiger partial charge >= 0.3 is 0 Å². The molecule has 1 saturated heterocycles. The number of aromatic amines is 1. The van der Waals surface area contributed by atoms with Crippen LogP contribution in [-0.4, -0.2) is 40.6 Å². The highest BCUT2D eigenvalue weighted by Gasteiger charge is 2.26. The van der Waals surface area contributed by atoms with Crippen molar-refractivity contribution in [3.8, 4) is 0 Å². The molecule has 1 fully saturated rings. The van der Waals surface area contributed by atoms with E-state index >= 15 is 0 Å². The van der Waals surface area contributed by atoms with E-state index in [9.17, 15) is 4.39 Å². The summed E-state index contributed by atoms with van der Waals surface area (Å²) in [6.45, 7) is 3.61. The van der Waals surface area contributed by atoms with Crippen LogP contribution in [-0.2, 0) is 4.74 Å². The minimum Gasteiger partial charge on any atom is -0.371 e. The third kappa shape index (κ3) is 2.60. The predicted molar refractivity (Wildman–Crippen MR) is 76.4 cm³/mol. The number of morpholine rings is 1. The van der Waals surface area contributed by atoms with Gasteiger partial charge in [0, 0.05) is 18.4 Å². The second-order valence-corrected chi connectivity index (χ2v) is 5.50.